The third-order valence-electron chi connectivity index (χ3n) is 13.5. The van der Waals surface area contributed by atoms with Crippen LogP contribution >= 0.6 is 0 Å². The normalized spacial score (nSPS) is 12.1. The maximum absolute atomic E-state index is 12.8. The average Bonchev–Trinajstić information content (AvgIpc) is 3.33. The van der Waals surface area contributed by atoms with E-state index in [4.69, 9.17) is 14.2 Å². The van der Waals surface area contributed by atoms with E-state index in [1.807, 2.05) is 0 Å². The molecule has 0 amide bonds. The van der Waals surface area contributed by atoms with E-state index in [0.29, 0.717) is 19.3 Å². The molecule has 0 aliphatic carbocycles. The van der Waals surface area contributed by atoms with Crippen molar-refractivity contribution in [1.29, 1.82) is 0 Å². The van der Waals surface area contributed by atoms with Gasteiger partial charge in [0.25, 0.3) is 0 Å². The van der Waals surface area contributed by atoms with Gasteiger partial charge in [0, 0.05) is 19.3 Å². The number of esters is 3. The summed E-state index contributed by atoms with van der Waals surface area (Å²) in [7, 11) is 0. The van der Waals surface area contributed by atoms with Crippen LogP contribution in [0.4, 0.5) is 0 Å². The van der Waals surface area contributed by atoms with E-state index in [9.17, 15) is 14.4 Å². The summed E-state index contributed by atoms with van der Waals surface area (Å²) in [5.41, 5.74) is 0. The Labute approximate surface area is 417 Å². The van der Waals surface area contributed by atoms with E-state index in [1.165, 1.54) is 218 Å². The first-order chi connectivity index (χ1) is 33.0. The standard InChI is InChI=1S/C61H114O6/c1-4-7-10-13-16-19-22-25-28-31-34-36-39-42-45-48-51-54-60(63)66-57-58(67-61(64)55-52-49-46-43-40-37-33-30-27-24-21-18-15-12-9-6-3)56-65-59(62)53-50-47-44-41-38-35-32-29-26-23-20-17-14-11-8-5-2/h30,33,37,40,58H,4-29,31-32,34-36,38-39,41-57H2,1-3H3/b33-30-,40-37-. The van der Waals surface area contributed by atoms with Crippen LogP contribution in [0, 0.1) is 0 Å². The molecule has 394 valence electrons. The molecule has 67 heavy (non-hydrogen) atoms. The minimum atomic E-state index is -0.780. The van der Waals surface area contributed by atoms with E-state index in [1.54, 1.807) is 0 Å². The number of rotatable bonds is 55. The number of carbonyl (C=O) groups is 3. The van der Waals surface area contributed by atoms with Gasteiger partial charge in [-0.1, -0.05) is 289 Å². The van der Waals surface area contributed by atoms with Crippen molar-refractivity contribution in [2.75, 3.05) is 13.2 Å². The molecule has 0 heterocycles. The first-order valence-electron chi connectivity index (χ1n) is 29.9. The molecule has 0 saturated heterocycles. The van der Waals surface area contributed by atoms with E-state index in [2.05, 4.69) is 45.1 Å². The first kappa shape index (κ1) is 64.9. The quantitative estimate of drug-likeness (QED) is 0.0262. The van der Waals surface area contributed by atoms with Crippen molar-refractivity contribution >= 4 is 17.9 Å². The summed E-state index contributed by atoms with van der Waals surface area (Å²) < 4.78 is 16.9. The minimum Gasteiger partial charge on any atom is -0.462 e. The van der Waals surface area contributed by atoms with Gasteiger partial charge >= 0.3 is 17.9 Å². The molecule has 0 N–H and O–H groups in total. The lowest BCUT2D eigenvalue weighted by Crippen LogP contribution is -2.30. The van der Waals surface area contributed by atoms with Crippen molar-refractivity contribution in [3.63, 3.8) is 0 Å². The summed E-state index contributed by atoms with van der Waals surface area (Å²) >= 11 is 0. The highest BCUT2D eigenvalue weighted by Gasteiger charge is 2.19. The van der Waals surface area contributed by atoms with Gasteiger partial charge in [0.2, 0.25) is 0 Å². The topological polar surface area (TPSA) is 78.9 Å². The van der Waals surface area contributed by atoms with Gasteiger partial charge in [0.05, 0.1) is 0 Å². The Hall–Kier alpha value is -2.11. The Morgan fingerprint density at radius 3 is 0.806 bits per heavy atom. The van der Waals surface area contributed by atoms with Gasteiger partial charge in [0.15, 0.2) is 6.10 Å². The Morgan fingerprint density at radius 2 is 0.522 bits per heavy atom. The molecule has 0 rings (SSSR count). The molecule has 0 radical (unpaired) electrons. The van der Waals surface area contributed by atoms with E-state index in [-0.39, 0.29) is 31.1 Å². The maximum Gasteiger partial charge on any atom is 0.306 e. The predicted molar refractivity (Wildman–Crippen MR) is 289 cm³/mol. The van der Waals surface area contributed by atoms with E-state index >= 15 is 0 Å². The van der Waals surface area contributed by atoms with Crippen LogP contribution in [-0.4, -0.2) is 37.2 Å². The third-order valence-corrected chi connectivity index (χ3v) is 13.5. The summed E-state index contributed by atoms with van der Waals surface area (Å²) in [5, 5.41) is 0. The van der Waals surface area contributed by atoms with Crippen molar-refractivity contribution < 1.29 is 28.6 Å². The van der Waals surface area contributed by atoms with Crippen molar-refractivity contribution in [3.8, 4) is 0 Å². The first-order valence-corrected chi connectivity index (χ1v) is 29.9. The zero-order chi connectivity index (χ0) is 48.6. The second-order valence-corrected chi connectivity index (χ2v) is 20.3. The zero-order valence-corrected chi connectivity index (χ0v) is 45.2. The molecule has 0 aliphatic heterocycles. The van der Waals surface area contributed by atoms with Gasteiger partial charge in [-0.15, -0.1) is 0 Å². The molecule has 0 aliphatic rings. The lowest BCUT2D eigenvalue weighted by atomic mass is 10.0. The monoisotopic (exact) mass is 943 g/mol. The molecule has 0 aromatic heterocycles. The van der Waals surface area contributed by atoms with Crippen LogP contribution in [-0.2, 0) is 28.6 Å². The highest BCUT2D eigenvalue weighted by Crippen LogP contribution is 2.17. The molecular weight excluding hydrogens is 829 g/mol. The van der Waals surface area contributed by atoms with Crippen LogP contribution in [0.25, 0.3) is 0 Å². The van der Waals surface area contributed by atoms with Gasteiger partial charge in [-0.3, -0.25) is 14.4 Å². The van der Waals surface area contributed by atoms with E-state index < -0.39 is 6.10 Å². The minimum absolute atomic E-state index is 0.0763. The summed E-state index contributed by atoms with van der Waals surface area (Å²) in [4.78, 5) is 38.2. The Kier molecular flexibility index (Phi) is 54.7. The lowest BCUT2D eigenvalue weighted by molar-refractivity contribution is -0.167. The molecule has 0 bridgehead atoms. The van der Waals surface area contributed by atoms with Crippen LogP contribution in [0.2, 0.25) is 0 Å². The fourth-order valence-corrected chi connectivity index (χ4v) is 8.97. The second-order valence-electron chi connectivity index (χ2n) is 20.3. The van der Waals surface area contributed by atoms with Crippen LogP contribution in [0.1, 0.15) is 329 Å². The number of unbranched alkanes of at least 4 members (excludes halogenated alkanes) is 41. The highest BCUT2D eigenvalue weighted by molar-refractivity contribution is 5.71. The molecule has 6 heteroatoms. The summed E-state index contributed by atoms with van der Waals surface area (Å²) in [6.45, 7) is 6.67. The number of hydrogen-bond acceptors (Lipinski definition) is 6. The molecule has 0 fully saturated rings. The number of allylic oxidation sites excluding steroid dienone is 4. The van der Waals surface area contributed by atoms with Gasteiger partial charge < -0.3 is 14.2 Å². The molecule has 0 spiro atoms. The second kappa shape index (κ2) is 56.5. The van der Waals surface area contributed by atoms with Crippen LogP contribution in [0.3, 0.4) is 0 Å². The Bertz CT molecular complexity index is 1080. The molecule has 1 unspecified atom stereocenters. The van der Waals surface area contributed by atoms with Gasteiger partial charge in [-0.2, -0.15) is 0 Å². The fourth-order valence-electron chi connectivity index (χ4n) is 8.97. The third kappa shape index (κ3) is 54.7. The zero-order valence-electron chi connectivity index (χ0n) is 45.2. The molecule has 0 aromatic carbocycles. The number of ether oxygens (including phenoxy) is 3. The molecule has 6 nitrogen and oxygen atoms in total. The SMILES string of the molecule is CCCCCCCCC/C=C\C=C/CCCCCC(=O)OC(COC(=O)CCCCCCCCCCCCCCCCCC)COC(=O)CCCCCCCCCCCCCCCCCCC. The molecular formula is C61H114O6. The van der Waals surface area contributed by atoms with Gasteiger partial charge in [-0.25, -0.2) is 0 Å². The number of carbonyl (C=O) groups excluding carboxylic acids is 3. The van der Waals surface area contributed by atoms with Gasteiger partial charge in [0.1, 0.15) is 13.2 Å². The lowest BCUT2D eigenvalue weighted by Gasteiger charge is -2.18. The van der Waals surface area contributed by atoms with Crippen molar-refractivity contribution in [3.05, 3.63) is 24.3 Å². The van der Waals surface area contributed by atoms with Crippen LogP contribution < -0.4 is 0 Å². The maximum atomic E-state index is 12.8. The molecule has 0 aromatic rings. The Balaban J connectivity index is 4.36. The average molecular weight is 944 g/mol. The predicted octanol–water partition coefficient (Wildman–Crippen LogP) is 19.9. The van der Waals surface area contributed by atoms with E-state index in [0.717, 1.165) is 70.6 Å². The summed E-state index contributed by atoms with van der Waals surface area (Å²) in [5.74, 6) is -0.879. The fraction of sp³-hybridized carbons (Fsp3) is 0.885. The summed E-state index contributed by atoms with van der Waals surface area (Å²) in [6.07, 6.45) is 66.0. The molecule has 0 saturated carbocycles. The largest absolute Gasteiger partial charge is 0.462 e. The van der Waals surface area contributed by atoms with Gasteiger partial charge in [-0.05, 0) is 44.9 Å². The highest BCUT2D eigenvalue weighted by atomic mass is 16.6. The number of hydrogen-bond donors (Lipinski definition) is 0. The van der Waals surface area contributed by atoms with Crippen LogP contribution in [0.5, 0.6) is 0 Å². The van der Waals surface area contributed by atoms with Crippen molar-refractivity contribution in [2.24, 2.45) is 0 Å². The van der Waals surface area contributed by atoms with Crippen molar-refractivity contribution in [1.82, 2.24) is 0 Å². The summed E-state index contributed by atoms with van der Waals surface area (Å²) in [6, 6.07) is 0. The smallest absolute Gasteiger partial charge is 0.306 e. The van der Waals surface area contributed by atoms with Crippen molar-refractivity contribution in [2.45, 2.75) is 335 Å². The van der Waals surface area contributed by atoms with Crippen LogP contribution in [0.15, 0.2) is 24.3 Å². The Morgan fingerprint density at radius 1 is 0.299 bits per heavy atom. The molecule has 1 atom stereocenters.